The second-order valence-corrected chi connectivity index (χ2v) is 15.0. The number of hydrogen-bond donors (Lipinski definition) is 3. The quantitative estimate of drug-likeness (QED) is 0.0521. The number of carbonyl (C=O) groups excluding carboxylic acids is 1. The Labute approximate surface area is 311 Å². The van der Waals surface area contributed by atoms with E-state index in [2.05, 4.69) is 13.8 Å². The zero-order valence-corrected chi connectivity index (χ0v) is 32.3. The lowest BCUT2D eigenvalue weighted by molar-refractivity contribution is -0.216. The lowest BCUT2D eigenvalue weighted by Gasteiger charge is -2.52. The fourth-order valence-corrected chi connectivity index (χ4v) is 8.29. The van der Waals surface area contributed by atoms with Crippen molar-refractivity contribution in [2.45, 2.75) is 178 Å². The van der Waals surface area contributed by atoms with E-state index in [0.717, 1.165) is 55.2 Å². The van der Waals surface area contributed by atoms with Gasteiger partial charge in [0.25, 0.3) is 0 Å². The van der Waals surface area contributed by atoms with Gasteiger partial charge in [0.2, 0.25) is 0 Å². The van der Waals surface area contributed by atoms with E-state index < -0.39 is 28.5 Å². The molecule has 0 aromatic heterocycles. The first-order chi connectivity index (χ1) is 24.8. The zero-order valence-electron chi connectivity index (χ0n) is 32.3. The summed E-state index contributed by atoms with van der Waals surface area (Å²) in [6.45, 7) is 6.14. The highest BCUT2D eigenvalue weighted by molar-refractivity contribution is 5.90. The van der Waals surface area contributed by atoms with Crippen molar-refractivity contribution in [1.82, 2.24) is 0 Å². The van der Waals surface area contributed by atoms with Crippen LogP contribution in [0.5, 0.6) is 0 Å². The molecule has 3 unspecified atom stereocenters. The van der Waals surface area contributed by atoms with Crippen molar-refractivity contribution in [3.05, 3.63) is 108 Å². The van der Waals surface area contributed by atoms with E-state index in [1.165, 1.54) is 64.2 Å². The Kier molecular flexibility index (Phi) is 19.2. The molecular formula is C47H70O4. The number of hydrogen-bond acceptors (Lipinski definition) is 4. The van der Waals surface area contributed by atoms with Crippen molar-refractivity contribution in [2.75, 3.05) is 0 Å². The molecule has 0 amide bonds. The Morgan fingerprint density at radius 3 is 1.10 bits per heavy atom. The second-order valence-electron chi connectivity index (χ2n) is 15.0. The highest BCUT2D eigenvalue weighted by Gasteiger charge is 2.64. The zero-order chi connectivity index (χ0) is 36.8. The van der Waals surface area contributed by atoms with Gasteiger partial charge in [0.1, 0.15) is 11.7 Å². The molecule has 0 bridgehead atoms. The molecule has 0 aliphatic heterocycles. The molecule has 3 aromatic rings. The van der Waals surface area contributed by atoms with Crippen LogP contribution in [0.4, 0.5) is 0 Å². The molecule has 0 fully saturated rings. The third kappa shape index (κ3) is 11.3. The Morgan fingerprint density at radius 1 is 0.490 bits per heavy atom. The molecule has 3 atom stereocenters. The van der Waals surface area contributed by atoms with Crippen molar-refractivity contribution in [1.29, 1.82) is 0 Å². The first-order valence-electron chi connectivity index (χ1n) is 20.7. The van der Waals surface area contributed by atoms with Crippen molar-refractivity contribution in [3.8, 4) is 0 Å². The smallest absolute Gasteiger partial charge is 0.178 e. The molecule has 282 valence electrons. The molecule has 3 N–H and O–H groups in total. The van der Waals surface area contributed by atoms with Crippen molar-refractivity contribution in [3.63, 3.8) is 0 Å². The summed E-state index contributed by atoms with van der Waals surface area (Å²) in [5.74, 6) is -0.523. The van der Waals surface area contributed by atoms with E-state index in [1.54, 1.807) is 6.92 Å². The van der Waals surface area contributed by atoms with Crippen LogP contribution in [0.1, 0.15) is 172 Å². The standard InChI is InChI=1S/C47H70O4/c1-4-7-9-11-12-13-14-15-16-17-18-19-20-31-39-45(50,38-30-10-8-5-2)47(51,43(48)6-3)44(49)46(40-32-24-21-25-33-40,41-34-26-22-27-35-41)42-36-28-23-29-37-42/h21-29,32-37,44,49-51H,4-20,30-31,38-39H2,1-3H3. The number of rotatable bonds is 28. The number of ketones is 1. The summed E-state index contributed by atoms with van der Waals surface area (Å²) >= 11 is 0. The van der Waals surface area contributed by atoms with Gasteiger partial charge < -0.3 is 15.3 Å². The van der Waals surface area contributed by atoms with Gasteiger partial charge in [-0.1, -0.05) is 227 Å². The molecular weight excluding hydrogens is 629 g/mol. The maximum absolute atomic E-state index is 14.3. The molecule has 0 saturated carbocycles. The Morgan fingerprint density at radius 2 is 0.784 bits per heavy atom. The Hall–Kier alpha value is -2.79. The fraction of sp³-hybridized carbons (Fsp3) is 0.596. The maximum Gasteiger partial charge on any atom is 0.178 e. The lowest BCUT2D eigenvalue weighted by Crippen LogP contribution is -2.70. The van der Waals surface area contributed by atoms with E-state index in [1.807, 2.05) is 91.0 Å². The fourth-order valence-electron chi connectivity index (χ4n) is 8.29. The number of carbonyl (C=O) groups is 1. The lowest BCUT2D eigenvalue weighted by atomic mass is 9.56. The molecule has 0 aliphatic carbocycles. The predicted octanol–water partition coefficient (Wildman–Crippen LogP) is 11.7. The number of benzene rings is 3. The van der Waals surface area contributed by atoms with Gasteiger partial charge in [0.05, 0.1) is 5.41 Å². The van der Waals surface area contributed by atoms with Crippen LogP contribution in [-0.2, 0) is 10.2 Å². The largest absolute Gasteiger partial charge is 0.388 e. The highest BCUT2D eigenvalue weighted by Crippen LogP contribution is 2.50. The number of aliphatic hydroxyl groups excluding tert-OH is 1. The number of aliphatic hydroxyl groups is 3. The van der Waals surface area contributed by atoms with Crippen LogP contribution in [0.3, 0.4) is 0 Å². The molecule has 0 saturated heterocycles. The van der Waals surface area contributed by atoms with Gasteiger partial charge in [-0.3, -0.25) is 4.79 Å². The predicted molar refractivity (Wildman–Crippen MR) is 214 cm³/mol. The summed E-state index contributed by atoms with van der Waals surface area (Å²) in [7, 11) is 0. The summed E-state index contributed by atoms with van der Waals surface area (Å²) < 4.78 is 0. The maximum atomic E-state index is 14.3. The topological polar surface area (TPSA) is 77.8 Å². The third-order valence-corrected chi connectivity index (χ3v) is 11.3. The summed E-state index contributed by atoms with van der Waals surface area (Å²) in [6, 6.07) is 29.1. The molecule has 0 radical (unpaired) electrons. The van der Waals surface area contributed by atoms with E-state index in [4.69, 9.17) is 0 Å². The van der Waals surface area contributed by atoms with Crippen LogP contribution in [0.25, 0.3) is 0 Å². The summed E-state index contributed by atoms with van der Waals surface area (Å²) in [5, 5.41) is 39.0. The number of unbranched alkanes of at least 4 members (excludes halogenated alkanes) is 16. The van der Waals surface area contributed by atoms with Gasteiger partial charge in [0.15, 0.2) is 11.4 Å². The van der Waals surface area contributed by atoms with Gasteiger partial charge in [-0.05, 0) is 29.5 Å². The summed E-state index contributed by atoms with van der Waals surface area (Å²) in [6.07, 6.45) is 19.5. The van der Waals surface area contributed by atoms with Crippen LogP contribution < -0.4 is 0 Å². The monoisotopic (exact) mass is 699 g/mol. The first kappa shape index (κ1) is 42.6. The minimum atomic E-state index is -2.42. The van der Waals surface area contributed by atoms with Gasteiger partial charge in [-0.2, -0.15) is 0 Å². The van der Waals surface area contributed by atoms with Crippen LogP contribution in [0.15, 0.2) is 91.0 Å². The average molecular weight is 699 g/mol. The van der Waals surface area contributed by atoms with Crippen molar-refractivity contribution in [2.24, 2.45) is 0 Å². The molecule has 4 nitrogen and oxygen atoms in total. The van der Waals surface area contributed by atoms with E-state index in [9.17, 15) is 20.1 Å². The van der Waals surface area contributed by atoms with Gasteiger partial charge in [-0.15, -0.1) is 0 Å². The Balaban J connectivity index is 1.89. The average Bonchev–Trinajstić information content (AvgIpc) is 3.17. The van der Waals surface area contributed by atoms with Crippen molar-refractivity contribution < 1.29 is 20.1 Å². The van der Waals surface area contributed by atoms with Crippen molar-refractivity contribution >= 4 is 5.78 Å². The first-order valence-corrected chi connectivity index (χ1v) is 20.7. The minimum absolute atomic E-state index is 0.00197. The molecule has 3 rings (SSSR count). The molecule has 4 heteroatoms. The van der Waals surface area contributed by atoms with E-state index in [-0.39, 0.29) is 19.3 Å². The van der Waals surface area contributed by atoms with Gasteiger partial charge in [-0.25, -0.2) is 0 Å². The third-order valence-electron chi connectivity index (χ3n) is 11.3. The SMILES string of the molecule is CCCCCCCCCCCCCCCCC(O)(CCCCCC)C(O)(C(=O)CC)C(O)C(c1ccccc1)(c1ccccc1)c1ccccc1. The van der Waals surface area contributed by atoms with Gasteiger partial charge >= 0.3 is 0 Å². The van der Waals surface area contributed by atoms with Crippen LogP contribution in [0.2, 0.25) is 0 Å². The van der Waals surface area contributed by atoms with Crippen LogP contribution >= 0.6 is 0 Å². The van der Waals surface area contributed by atoms with Crippen LogP contribution in [-0.4, -0.2) is 38.4 Å². The minimum Gasteiger partial charge on any atom is -0.388 e. The molecule has 0 spiro atoms. The molecule has 0 heterocycles. The van der Waals surface area contributed by atoms with Gasteiger partial charge in [0, 0.05) is 6.42 Å². The van der Waals surface area contributed by atoms with E-state index >= 15 is 0 Å². The summed E-state index contributed by atoms with van der Waals surface area (Å²) in [5.41, 5.74) is -3.32. The Bertz CT molecular complexity index is 1230. The molecule has 0 aliphatic rings. The highest BCUT2D eigenvalue weighted by atomic mass is 16.4. The summed E-state index contributed by atoms with van der Waals surface area (Å²) in [4.78, 5) is 14.3. The molecule has 51 heavy (non-hydrogen) atoms. The molecule has 3 aromatic carbocycles. The van der Waals surface area contributed by atoms with E-state index in [0.29, 0.717) is 12.8 Å². The normalized spacial score (nSPS) is 14.9. The van der Waals surface area contributed by atoms with Crippen LogP contribution in [0, 0.1) is 0 Å². The number of Topliss-reactive ketones (excluding diaryl/α,β-unsaturated/α-hetero) is 1. The second kappa shape index (κ2) is 23.0.